The van der Waals surface area contributed by atoms with E-state index in [1.54, 1.807) is 0 Å². The van der Waals surface area contributed by atoms with Crippen molar-refractivity contribution in [3.8, 4) is 0 Å². The maximum Gasteiger partial charge on any atom is 0.472 e. The molecular formula is C89H152O17P2. The Morgan fingerprint density at radius 2 is 0.500 bits per heavy atom. The topological polar surface area (TPSA) is 237 Å². The first-order valence-electron chi connectivity index (χ1n) is 42.4. The van der Waals surface area contributed by atoms with Crippen molar-refractivity contribution in [3.05, 3.63) is 134 Å². The fraction of sp³-hybridized carbons (Fsp3) is 0.708. The lowest BCUT2D eigenvalue weighted by Crippen LogP contribution is -2.30. The van der Waals surface area contributed by atoms with Crippen LogP contribution in [0.1, 0.15) is 349 Å². The number of phosphoric acid groups is 2. The van der Waals surface area contributed by atoms with E-state index >= 15 is 0 Å². The number of carbonyl (C=O) groups is 4. The van der Waals surface area contributed by atoms with Crippen LogP contribution in [0.5, 0.6) is 0 Å². The lowest BCUT2D eigenvalue weighted by Gasteiger charge is -2.21. The van der Waals surface area contributed by atoms with E-state index in [-0.39, 0.29) is 25.7 Å². The van der Waals surface area contributed by atoms with Crippen molar-refractivity contribution in [2.75, 3.05) is 39.6 Å². The molecule has 0 aromatic heterocycles. The SMILES string of the molecule is CC/C=C\C/C=C\C/C=C\C/C=C\C/C=C\CCCCCC(=O)O[C@H](COC(=O)CC/C=C\C/C=C\C/C=C\C/C=C\C/C=C\CCCCC)COP(=O)(O)OC[C@@H](O)COP(=O)(O)OC[C@@H](COC(=O)CCCCCCC/C=C\CCCCCCCC)OC(=O)CCCCCCCCCCCCCCCCC. The number of carbonyl (C=O) groups excluding carboxylic acids is 4. The molecule has 620 valence electrons. The molecule has 0 aliphatic heterocycles. The van der Waals surface area contributed by atoms with Crippen LogP contribution < -0.4 is 0 Å². The van der Waals surface area contributed by atoms with E-state index < -0.39 is 97.5 Å². The van der Waals surface area contributed by atoms with Crippen molar-refractivity contribution in [3.63, 3.8) is 0 Å². The summed E-state index contributed by atoms with van der Waals surface area (Å²) >= 11 is 0. The molecule has 0 saturated carbocycles. The van der Waals surface area contributed by atoms with Gasteiger partial charge in [0.25, 0.3) is 0 Å². The number of aliphatic hydroxyl groups excluding tert-OH is 1. The second-order valence-electron chi connectivity index (χ2n) is 28.0. The average molecular weight is 1560 g/mol. The van der Waals surface area contributed by atoms with Crippen LogP contribution in [0.2, 0.25) is 0 Å². The monoisotopic (exact) mass is 1560 g/mol. The molecule has 19 heteroatoms. The maximum absolute atomic E-state index is 13.1. The lowest BCUT2D eigenvalue weighted by atomic mass is 10.0. The van der Waals surface area contributed by atoms with Crippen LogP contribution in [0.25, 0.3) is 0 Å². The summed E-state index contributed by atoms with van der Waals surface area (Å²) in [5.41, 5.74) is 0. The lowest BCUT2D eigenvalue weighted by molar-refractivity contribution is -0.161. The van der Waals surface area contributed by atoms with Crippen LogP contribution in [0.4, 0.5) is 0 Å². The molecule has 0 aromatic carbocycles. The highest BCUT2D eigenvalue weighted by molar-refractivity contribution is 7.47. The minimum absolute atomic E-state index is 0.0271. The molecule has 108 heavy (non-hydrogen) atoms. The Hall–Kier alpha value is -4.80. The van der Waals surface area contributed by atoms with Crippen LogP contribution in [0.15, 0.2) is 134 Å². The normalized spacial score (nSPS) is 14.5. The van der Waals surface area contributed by atoms with Crippen molar-refractivity contribution in [1.82, 2.24) is 0 Å². The van der Waals surface area contributed by atoms with E-state index in [0.29, 0.717) is 32.1 Å². The first-order valence-corrected chi connectivity index (χ1v) is 45.4. The number of esters is 4. The summed E-state index contributed by atoms with van der Waals surface area (Å²) in [6.07, 6.45) is 91.4. The predicted molar refractivity (Wildman–Crippen MR) is 445 cm³/mol. The summed E-state index contributed by atoms with van der Waals surface area (Å²) in [7, 11) is -10.00. The molecule has 0 radical (unpaired) electrons. The molecule has 0 bridgehead atoms. The van der Waals surface area contributed by atoms with Gasteiger partial charge in [-0.15, -0.1) is 0 Å². The molecule has 0 saturated heterocycles. The number of ether oxygens (including phenoxy) is 4. The second-order valence-corrected chi connectivity index (χ2v) is 30.9. The molecule has 3 N–H and O–H groups in total. The first kappa shape index (κ1) is 103. The smallest absolute Gasteiger partial charge is 0.462 e. The fourth-order valence-electron chi connectivity index (χ4n) is 11.2. The van der Waals surface area contributed by atoms with Crippen molar-refractivity contribution in [2.24, 2.45) is 0 Å². The van der Waals surface area contributed by atoms with Crippen LogP contribution >= 0.6 is 15.6 Å². The average Bonchev–Trinajstić information content (AvgIpc) is 0.900. The molecule has 0 aliphatic carbocycles. The van der Waals surface area contributed by atoms with E-state index in [4.69, 9.17) is 37.0 Å². The number of phosphoric ester groups is 2. The van der Waals surface area contributed by atoms with Crippen LogP contribution in [-0.2, 0) is 65.4 Å². The molecular weight excluding hydrogens is 1400 g/mol. The summed E-state index contributed by atoms with van der Waals surface area (Å²) in [5, 5.41) is 10.7. The van der Waals surface area contributed by atoms with Gasteiger partial charge in [0.05, 0.1) is 26.4 Å². The van der Waals surface area contributed by atoms with E-state index in [2.05, 4.69) is 149 Å². The zero-order valence-electron chi connectivity index (χ0n) is 68.0. The van der Waals surface area contributed by atoms with Crippen LogP contribution in [0, 0.1) is 0 Å². The number of unbranched alkanes of at least 4 members (excludes halogenated alkanes) is 31. The van der Waals surface area contributed by atoms with Gasteiger partial charge < -0.3 is 33.8 Å². The highest BCUT2D eigenvalue weighted by Crippen LogP contribution is 2.45. The highest BCUT2D eigenvalue weighted by atomic mass is 31.2. The molecule has 0 aliphatic rings. The van der Waals surface area contributed by atoms with Crippen LogP contribution in [0.3, 0.4) is 0 Å². The quantitative estimate of drug-likeness (QED) is 0.0169. The zero-order valence-corrected chi connectivity index (χ0v) is 69.8. The fourth-order valence-corrected chi connectivity index (χ4v) is 12.7. The number of hydrogen-bond acceptors (Lipinski definition) is 15. The Bertz CT molecular complexity index is 2560. The third-order valence-electron chi connectivity index (χ3n) is 17.6. The van der Waals surface area contributed by atoms with Gasteiger partial charge in [0, 0.05) is 25.7 Å². The van der Waals surface area contributed by atoms with Crippen molar-refractivity contribution < 1.29 is 80.2 Å². The van der Waals surface area contributed by atoms with Gasteiger partial charge in [-0.05, 0) is 135 Å². The molecule has 0 spiro atoms. The molecule has 0 fully saturated rings. The Balaban J connectivity index is 5.48. The third-order valence-corrected chi connectivity index (χ3v) is 19.5. The maximum atomic E-state index is 13.1. The molecule has 0 heterocycles. The van der Waals surface area contributed by atoms with E-state index in [1.165, 1.54) is 122 Å². The Morgan fingerprint density at radius 1 is 0.269 bits per heavy atom. The summed E-state index contributed by atoms with van der Waals surface area (Å²) < 4.78 is 68.7. The van der Waals surface area contributed by atoms with Gasteiger partial charge in [0.1, 0.15) is 19.3 Å². The van der Waals surface area contributed by atoms with E-state index in [0.717, 1.165) is 141 Å². The van der Waals surface area contributed by atoms with Crippen molar-refractivity contribution in [1.29, 1.82) is 0 Å². The van der Waals surface area contributed by atoms with Crippen molar-refractivity contribution >= 4 is 39.5 Å². The van der Waals surface area contributed by atoms with Gasteiger partial charge in [0.15, 0.2) is 12.2 Å². The van der Waals surface area contributed by atoms with Crippen LogP contribution in [-0.4, -0.2) is 96.7 Å². The third kappa shape index (κ3) is 79.3. The van der Waals surface area contributed by atoms with E-state index in [1.807, 2.05) is 12.2 Å². The van der Waals surface area contributed by atoms with Crippen molar-refractivity contribution in [2.45, 2.75) is 367 Å². The molecule has 5 atom stereocenters. The van der Waals surface area contributed by atoms with Gasteiger partial charge in [-0.3, -0.25) is 37.3 Å². The Morgan fingerprint density at radius 3 is 0.833 bits per heavy atom. The summed E-state index contributed by atoms with van der Waals surface area (Å²) in [4.78, 5) is 73.2. The largest absolute Gasteiger partial charge is 0.472 e. The molecule has 2 unspecified atom stereocenters. The first-order chi connectivity index (χ1) is 52.7. The predicted octanol–water partition coefficient (Wildman–Crippen LogP) is 25.2. The standard InChI is InChI=1S/C89H152O17P2/c1-5-9-13-17-21-25-29-33-37-39-41-43-47-50-54-58-62-66-70-74-87(92)100-80-85(106-89(94)76-72-68-64-60-56-52-48-44-42-40-38-34-30-26-22-18-14-10-6-2)82-104-108(97,98)102-78-83(90)77-101-107(95,96)103-81-84(105-88(93)75-71-67-63-59-55-51-46-36-32-28-24-20-16-12-8-4)79-99-86(91)73-69-65-61-57-53-49-45-35-31-27-23-19-15-11-7-3/h10,14,21-22,25-26,33-35,37-38,41-45,50,52,54,56,62,66,83-85,90H,5-9,11-13,15-20,23-24,27-32,36,39-40,46-49,51,53,55,57-61,63-65,67-82H2,1-4H3,(H,95,96)(H,97,98)/b14-10-,25-21-,26-22-,37-33-,38-34-,43-41-,44-42-,45-35-,54-50-,56-52-,66-62-/t83-,84+,85+/m0/s1. The van der Waals surface area contributed by atoms with Gasteiger partial charge >= 0.3 is 39.5 Å². The van der Waals surface area contributed by atoms with Gasteiger partial charge in [0.2, 0.25) is 0 Å². The molecule has 0 rings (SSSR count). The molecule has 0 aromatic rings. The minimum atomic E-state index is -5.01. The van der Waals surface area contributed by atoms with Gasteiger partial charge in [-0.1, -0.05) is 322 Å². The molecule has 0 amide bonds. The number of allylic oxidation sites excluding steroid dienone is 22. The highest BCUT2D eigenvalue weighted by Gasteiger charge is 2.30. The minimum Gasteiger partial charge on any atom is -0.462 e. The zero-order chi connectivity index (χ0) is 78.9. The number of rotatable bonds is 79. The van der Waals surface area contributed by atoms with Gasteiger partial charge in [-0.2, -0.15) is 0 Å². The summed E-state index contributed by atoms with van der Waals surface area (Å²) in [6.45, 7) is 4.64. The number of aliphatic hydroxyl groups is 1. The molecule has 17 nitrogen and oxygen atoms in total. The Kier molecular flexibility index (Phi) is 76.7. The summed E-state index contributed by atoms with van der Waals surface area (Å²) in [6, 6.07) is 0. The second kappa shape index (κ2) is 80.3. The number of hydrogen-bond donors (Lipinski definition) is 3. The Labute approximate surface area is 656 Å². The van der Waals surface area contributed by atoms with E-state index in [9.17, 15) is 43.2 Å². The summed E-state index contributed by atoms with van der Waals surface area (Å²) in [5.74, 6) is -2.31. The van der Waals surface area contributed by atoms with Gasteiger partial charge in [-0.25, -0.2) is 9.13 Å².